The molecule has 0 bridgehead atoms. The maximum Gasteiger partial charge on any atom is 0.144 e. The zero-order valence-electron chi connectivity index (χ0n) is 10.1. The Morgan fingerprint density at radius 2 is 2.22 bits per heavy atom. The van der Waals surface area contributed by atoms with Crippen LogP contribution in [-0.4, -0.2) is 15.0 Å². The van der Waals surface area contributed by atoms with Crippen LogP contribution in [0.5, 0.6) is 0 Å². The van der Waals surface area contributed by atoms with Crippen molar-refractivity contribution in [2.75, 3.05) is 0 Å². The highest BCUT2D eigenvalue weighted by Crippen LogP contribution is 2.18. The summed E-state index contributed by atoms with van der Waals surface area (Å²) < 4.78 is 1.52. The molecule has 0 aliphatic rings. The van der Waals surface area contributed by atoms with Crippen molar-refractivity contribution in [3.63, 3.8) is 0 Å². The minimum atomic E-state index is 0.614. The number of rotatable bonds is 4. The molecule has 0 saturated heterocycles. The fraction of sp³-hybridized carbons (Fsp3) is 0.308. The monoisotopic (exact) mass is 323 g/mol. The molecule has 0 aromatic carbocycles. The van der Waals surface area contributed by atoms with Gasteiger partial charge in [-0.15, -0.1) is 0 Å². The van der Waals surface area contributed by atoms with Crippen LogP contribution in [-0.2, 0) is 12.8 Å². The molecule has 18 heavy (non-hydrogen) atoms. The van der Waals surface area contributed by atoms with E-state index in [4.69, 9.17) is 12.2 Å². The van der Waals surface area contributed by atoms with Gasteiger partial charge in [-0.3, -0.25) is 4.98 Å². The first kappa shape index (κ1) is 13.4. The van der Waals surface area contributed by atoms with Crippen molar-refractivity contribution in [2.24, 2.45) is 0 Å². The molecule has 2 rings (SSSR count). The molecule has 0 aliphatic carbocycles. The highest BCUT2D eigenvalue weighted by molar-refractivity contribution is 9.10. The predicted molar refractivity (Wildman–Crippen MR) is 78.2 cm³/mol. The van der Waals surface area contributed by atoms with Gasteiger partial charge >= 0.3 is 0 Å². The van der Waals surface area contributed by atoms with Crippen LogP contribution in [0, 0.1) is 4.64 Å². The van der Waals surface area contributed by atoms with E-state index in [2.05, 4.69) is 37.8 Å². The van der Waals surface area contributed by atoms with Crippen molar-refractivity contribution >= 4 is 28.1 Å². The number of nitrogens with zero attached hydrogens (tertiary/aromatic N) is 2. The van der Waals surface area contributed by atoms with Crippen molar-refractivity contribution in [1.29, 1.82) is 0 Å². The van der Waals surface area contributed by atoms with E-state index in [-0.39, 0.29) is 0 Å². The molecule has 3 nitrogen and oxygen atoms in total. The highest BCUT2D eigenvalue weighted by atomic mass is 79.9. The molecular formula is C13H14BrN3S. The lowest BCUT2D eigenvalue weighted by Crippen LogP contribution is -2.03. The third kappa shape index (κ3) is 3.23. The van der Waals surface area contributed by atoms with Gasteiger partial charge < -0.3 is 4.98 Å². The first-order valence-electron chi connectivity index (χ1n) is 5.88. The maximum absolute atomic E-state index is 5.26. The number of aromatic amines is 1. The molecule has 94 valence electrons. The Kier molecular flexibility index (Phi) is 4.60. The molecule has 5 heteroatoms. The zero-order chi connectivity index (χ0) is 13.0. The summed E-state index contributed by atoms with van der Waals surface area (Å²) in [7, 11) is 0. The second kappa shape index (κ2) is 6.20. The van der Waals surface area contributed by atoms with Crippen molar-refractivity contribution in [2.45, 2.75) is 26.2 Å². The highest BCUT2D eigenvalue weighted by Gasteiger charge is 2.06. The van der Waals surface area contributed by atoms with Gasteiger partial charge in [-0.25, -0.2) is 4.98 Å². The number of aryl methyl sites for hydroxylation is 1. The number of hydrogen-bond donors (Lipinski definition) is 1. The van der Waals surface area contributed by atoms with Gasteiger partial charge in [0.2, 0.25) is 0 Å². The number of hydrogen-bond acceptors (Lipinski definition) is 3. The van der Waals surface area contributed by atoms with Crippen molar-refractivity contribution in [3.8, 4) is 0 Å². The van der Waals surface area contributed by atoms with E-state index in [0.29, 0.717) is 11.1 Å². The molecule has 2 aromatic rings. The van der Waals surface area contributed by atoms with E-state index >= 15 is 0 Å². The number of nitrogens with one attached hydrogen (secondary N) is 1. The lowest BCUT2D eigenvalue weighted by Gasteiger charge is -2.07. The summed E-state index contributed by atoms with van der Waals surface area (Å²) in [6, 6.07) is 5.87. The molecule has 0 spiro atoms. The van der Waals surface area contributed by atoms with Crippen molar-refractivity contribution < 1.29 is 0 Å². The summed E-state index contributed by atoms with van der Waals surface area (Å²) in [6.07, 6.45) is 4.49. The maximum atomic E-state index is 5.26. The van der Waals surface area contributed by atoms with Crippen LogP contribution >= 0.6 is 28.1 Å². The number of pyridine rings is 1. The Morgan fingerprint density at radius 1 is 1.39 bits per heavy atom. The molecule has 0 fully saturated rings. The second-order valence-corrected chi connectivity index (χ2v) is 5.21. The van der Waals surface area contributed by atoms with Crippen LogP contribution in [0.1, 0.15) is 30.6 Å². The van der Waals surface area contributed by atoms with E-state index in [1.165, 1.54) is 0 Å². The molecule has 2 aromatic heterocycles. The van der Waals surface area contributed by atoms with Crippen LogP contribution in [0.4, 0.5) is 0 Å². The van der Waals surface area contributed by atoms with Crippen molar-refractivity contribution in [3.05, 3.63) is 50.7 Å². The predicted octanol–water partition coefficient (Wildman–Crippen LogP) is 3.84. The van der Waals surface area contributed by atoms with E-state index in [0.717, 1.165) is 34.5 Å². The van der Waals surface area contributed by atoms with Crippen LogP contribution in [0.15, 0.2) is 28.9 Å². The molecular weight excluding hydrogens is 310 g/mol. The van der Waals surface area contributed by atoms with Gasteiger partial charge in [-0.1, -0.05) is 31.6 Å². The largest absolute Gasteiger partial charge is 0.346 e. The molecule has 0 radical (unpaired) electrons. The van der Waals surface area contributed by atoms with E-state index in [9.17, 15) is 0 Å². The number of halogens is 1. The molecule has 0 aliphatic heterocycles. The Hall–Kier alpha value is -1.07. The second-order valence-electron chi connectivity index (χ2n) is 4.03. The van der Waals surface area contributed by atoms with Gasteiger partial charge in [-0.05, 0) is 34.5 Å². The average Bonchev–Trinajstić information content (AvgIpc) is 2.37. The van der Waals surface area contributed by atoms with Crippen molar-refractivity contribution in [1.82, 2.24) is 15.0 Å². The van der Waals surface area contributed by atoms with Gasteiger partial charge in [-0.2, -0.15) is 0 Å². The zero-order valence-corrected chi connectivity index (χ0v) is 12.5. The SMILES string of the molecule is CCCc1[nH]c(Cc2ccccn2)nc(=S)c1Br. The first-order valence-corrected chi connectivity index (χ1v) is 7.08. The molecule has 0 atom stereocenters. The summed E-state index contributed by atoms with van der Waals surface area (Å²) in [5.41, 5.74) is 2.10. The summed E-state index contributed by atoms with van der Waals surface area (Å²) >= 11 is 8.75. The van der Waals surface area contributed by atoms with E-state index in [1.807, 2.05) is 18.2 Å². The lowest BCUT2D eigenvalue weighted by molar-refractivity contribution is 0.824. The topological polar surface area (TPSA) is 41.6 Å². The first-order chi connectivity index (χ1) is 8.70. The summed E-state index contributed by atoms with van der Waals surface area (Å²) in [5.74, 6) is 0.866. The third-order valence-electron chi connectivity index (χ3n) is 2.56. The summed E-state index contributed by atoms with van der Waals surface area (Å²) in [5, 5.41) is 0. The molecule has 0 unspecified atom stereocenters. The third-order valence-corrected chi connectivity index (χ3v) is 3.97. The summed E-state index contributed by atoms with van der Waals surface area (Å²) in [4.78, 5) is 12.0. The van der Waals surface area contributed by atoms with Crippen LogP contribution in [0.3, 0.4) is 0 Å². The Balaban J connectivity index is 2.32. The summed E-state index contributed by atoms with van der Waals surface area (Å²) in [6.45, 7) is 2.14. The molecule has 2 heterocycles. The van der Waals surface area contributed by atoms with Crippen LogP contribution in [0.25, 0.3) is 0 Å². The minimum absolute atomic E-state index is 0.614. The Labute approximate surface area is 120 Å². The standard InChI is InChI=1S/C13H14BrN3S/c1-2-5-10-12(14)13(18)17-11(16-10)8-9-6-3-4-7-15-9/h3-4,6-7H,2,5,8H2,1H3,(H,16,17,18). The minimum Gasteiger partial charge on any atom is -0.346 e. The van der Waals surface area contributed by atoms with Gasteiger partial charge in [0, 0.05) is 24.0 Å². The van der Waals surface area contributed by atoms with E-state index in [1.54, 1.807) is 6.20 Å². The van der Waals surface area contributed by atoms with Crippen LogP contribution in [0.2, 0.25) is 0 Å². The molecule has 1 N–H and O–H groups in total. The number of H-pyrrole nitrogens is 1. The quantitative estimate of drug-likeness (QED) is 0.869. The lowest BCUT2D eigenvalue weighted by atomic mass is 10.2. The average molecular weight is 324 g/mol. The normalized spacial score (nSPS) is 10.6. The Bertz CT molecular complexity index is 581. The molecule has 0 saturated carbocycles. The fourth-order valence-electron chi connectivity index (χ4n) is 1.74. The number of aromatic nitrogens is 3. The smallest absolute Gasteiger partial charge is 0.144 e. The van der Waals surface area contributed by atoms with E-state index < -0.39 is 0 Å². The van der Waals surface area contributed by atoms with Gasteiger partial charge in [0.05, 0.1) is 4.47 Å². The van der Waals surface area contributed by atoms with Gasteiger partial charge in [0.25, 0.3) is 0 Å². The molecule has 0 amide bonds. The van der Waals surface area contributed by atoms with Crippen LogP contribution < -0.4 is 0 Å². The van der Waals surface area contributed by atoms with Gasteiger partial charge in [0.15, 0.2) is 0 Å². The Morgan fingerprint density at radius 3 is 2.89 bits per heavy atom. The van der Waals surface area contributed by atoms with Gasteiger partial charge in [0.1, 0.15) is 10.5 Å². The fourth-order valence-corrected chi connectivity index (χ4v) is 2.36.